The molecule has 1 aromatic heterocycles. The molecule has 3 aliphatic heterocycles. The summed E-state index contributed by atoms with van der Waals surface area (Å²) in [6.45, 7) is 8.27. The fourth-order valence-corrected chi connectivity index (χ4v) is 6.11. The van der Waals surface area contributed by atoms with Crippen molar-refractivity contribution in [1.29, 1.82) is 5.41 Å². The molecule has 2 saturated carbocycles. The molecule has 1 aromatic carbocycles. The molecule has 7 rings (SSSR count). The molecule has 5 aliphatic rings. The SMILES string of the molecule is Cc1nc(Nc2cc(C3CC34CC4)ccc2C=N)cc(N2CC3(C2)CN(C2COC2)C3)n1. The molecular formula is C25H30N6O. The van der Waals surface area contributed by atoms with E-state index < -0.39 is 0 Å². The van der Waals surface area contributed by atoms with Crippen molar-refractivity contribution in [3.8, 4) is 0 Å². The van der Waals surface area contributed by atoms with Gasteiger partial charge in [0, 0.05) is 55.1 Å². The molecule has 0 radical (unpaired) electrons. The van der Waals surface area contributed by atoms with Gasteiger partial charge in [0.15, 0.2) is 0 Å². The first kappa shape index (κ1) is 19.0. The van der Waals surface area contributed by atoms with E-state index >= 15 is 0 Å². The van der Waals surface area contributed by atoms with Crippen LogP contribution in [0.2, 0.25) is 0 Å². The Morgan fingerprint density at radius 1 is 1.12 bits per heavy atom. The van der Waals surface area contributed by atoms with Crippen molar-refractivity contribution in [3.63, 3.8) is 0 Å². The molecule has 2 spiro atoms. The Kier molecular flexibility index (Phi) is 3.87. The molecule has 7 nitrogen and oxygen atoms in total. The Morgan fingerprint density at radius 2 is 1.94 bits per heavy atom. The van der Waals surface area contributed by atoms with Gasteiger partial charge < -0.3 is 20.4 Å². The number of aromatic nitrogens is 2. The smallest absolute Gasteiger partial charge is 0.136 e. The molecule has 1 atom stereocenters. The van der Waals surface area contributed by atoms with Crippen molar-refractivity contribution in [2.45, 2.75) is 38.1 Å². The van der Waals surface area contributed by atoms with E-state index in [0.29, 0.717) is 22.8 Å². The Bertz CT molecular complexity index is 1090. The number of ether oxygens (including phenoxy) is 1. The van der Waals surface area contributed by atoms with E-state index in [0.717, 1.165) is 55.0 Å². The molecule has 1 unspecified atom stereocenters. The van der Waals surface area contributed by atoms with Crippen LogP contribution in [0.3, 0.4) is 0 Å². The lowest BCUT2D eigenvalue weighted by molar-refractivity contribution is -0.137. The van der Waals surface area contributed by atoms with Gasteiger partial charge in [-0.2, -0.15) is 0 Å². The van der Waals surface area contributed by atoms with Crippen molar-refractivity contribution < 1.29 is 4.74 Å². The summed E-state index contributed by atoms with van der Waals surface area (Å²) < 4.78 is 5.34. The number of hydrogen-bond donors (Lipinski definition) is 2. The number of rotatable bonds is 6. The van der Waals surface area contributed by atoms with Gasteiger partial charge in [-0.05, 0) is 49.1 Å². The number of anilines is 3. The fourth-order valence-electron chi connectivity index (χ4n) is 6.11. The summed E-state index contributed by atoms with van der Waals surface area (Å²) in [4.78, 5) is 14.3. The molecule has 2 aromatic rings. The molecule has 166 valence electrons. The van der Waals surface area contributed by atoms with Crippen LogP contribution in [0.25, 0.3) is 0 Å². The van der Waals surface area contributed by atoms with Crippen LogP contribution < -0.4 is 10.2 Å². The summed E-state index contributed by atoms with van der Waals surface area (Å²) in [5.74, 6) is 3.30. The first-order valence-corrected chi connectivity index (χ1v) is 11.9. The normalized spacial score (nSPS) is 26.9. The second-order valence-electron chi connectivity index (χ2n) is 10.8. The zero-order valence-corrected chi connectivity index (χ0v) is 18.6. The molecule has 32 heavy (non-hydrogen) atoms. The van der Waals surface area contributed by atoms with Crippen LogP contribution in [0.1, 0.15) is 42.1 Å². The highest BCUT2D eigenvalue weighted by Crippen LogP contribution is 2.75. The zero-order valence-electron chi connectivity index (χ0n) is 18.6. The van der Waals surface area contributed by atoms with Crippen molar-refractivity contribution in [2.24, 2.45) is 10.8 Å². The molecule has 5 fully saturated rings. The molecular weight excluding hydrogens is 400 g/mol. The summed E-state index contributed by atoms with van der Waals surface area (Å²) in [7, 11) is 0. The molecule has 0 amide bonds. The number of nitrogens with zero attached hydrogens (tertiary/aromatic N) is 4. The second-order valence-corrected chi connectivity index (χ2v) is 10.8. The third-order valence-electron chi connectivity index (χ3n) is 8.39. The Morgan fingerprint density at radius 3 is 2.59 bits per heavy atom. The van der Waals surface area contributed by atoms with Crippen LogP contribution in [0.15, 0.2) is 24.3 Å². The van der Waals surface area contributed by atoms with Gasteiger partial charge in [0.05, 0.1) is 19.3 Å². The molecule has 3 saturated heterocycles. The van der Waals surface area contributed by atoms with Gasteiger partial charge in [-0.3, -0.25) is 4.90 Å². The Balaban J connectivity index is 1.07. The van der Waals surface area contributed by atoms with E-state index in [2.05, 4.69) is 44.4 Å². The highest BCUT2D eigenvalue weighted by molar-refractivity contribution is 5.87. The number of nitrogens with one attached hydrogen (secondary N) is 2. The van der Waals surface area contributed by atoms with Gasteiger partial charge in [-0.15, -0.1) is 0 Å². The molecule has 0 bridgehead atoms. The number of benzene rings is 1. The highest BCUT2D eigenvalue weighted by atomic mass is 16.5. The average molecular weight is 431 g/mol. The largest absolute Gasteiger partial charge is 0.378 e. The van der Waals surface area contributed by atoms with E-state index in [1.165, 1.54) is 44.1 Å². The number of aryl methyl sites for hydroxylation is 1. The van der Waals surface area contributed by atoms with Gasteiger partial charge in [-0.25, -0.2) is 9.97 Å². The van der Waals surface area contributed by atoms with Gasteiger partial charge >= 0.3 is 0 Å². The van der Waals surface area contributed by atoms with Crippen LogP contribution in [0.4, 0.5) is 17.3 Å². The standard InChI is InChI=1S/C25H30N6O/c1-16-27-22(29-21-6-17(2-3-18(21)9-26)20-8-25(20)4-5-25)7-23(28-16)31-14-24(15-31)12-30(13-24)19-10-32-11-19/h2-3,6-7,9,19-20,26H,4-5,8,10-15H2,1H3,(H,27,28,29). The predicted molar refractivity (Wildman–Crippen MR) is 124 cm³/mol. The van der Waals surface area contributed by atoms with E-state index in [4.69, 9.17) is 15.1 Å². The fraction of sp³-hybridized carbons (Fsp3) is 0.560. The van der Waals surface area contributed by atoms with Gasteiger partial charge in [0.1, 0.15) is 17.5 Å². The first-order chi connectivity index (χ1) is 15.5. The van der Waals surface area contributed by atoms with Crippen molar-refractivity contribution in [2.75, 3.05) is 49.6 Å². The Hall–Kier alpha value is -2.51. The quantitative estimate of drug-likeness (QED) is 0.685. The minimum atomic E-state index is 0.437. The molecule has 2 aliphatic carbocycles. The molecule has 7 heteroatoms. The van der Waals surface area contributed by atoms with Crippen molar-refractivity contribution >= 4 is 23.5 Å². The van der Waals surface area contributed by atoms with Gasteiger partial charge in [0.25, 0.3) is 0 Å². The summed E-state index contributed by atoms with van der Waals surface area (Å²) in [5, 5.41) is 11.4. The van der Waals surface area contributed by atoms with E-state index in [1.54, 1.807) is 0 Å². The van der Waals surface area contributed by atoms with Crippen LogP contribution in [0, 0.1) is 23.2 Å². The lowest BCUT2D eigenvalue weighted by atomic mass is 9.72. The van der Waals surface area contributed by atoms with E-state index in [-0.39, 0.29) is 0 Å². The maximum Gasteiger partial charge on any atom is 0.136 e. The molecule has 2 N–H and O–H groups in total. The van der Waals surface area contributed by atoms with Gasteiger partial charge in [-0.1, -0.05) is 12.1 Å². The van der Waals surface area contributed by atoms with Crippen LogP contribution in [-0.2, 0) is 4.74 Å². The highest BCUT2D eigenvalue weighted by Gasteiger charge is 2.63. The van der Waals surface area contributed by atoms with Crippen molar-refractivity contribution in [3.05, 3.63) is 41.2 Å². The second kappa shape index (κ2) is 6.51. The van der Waals surface area contributed by atoms with E-state index in [9.17, 15) is 0 Å². The number of hydrogen-bond acceptors (Lipinski definition) is 7. The maximum absolute atomic E-state index is 7.84. The predicted octanol–water partition coefficient (Wildman–Crippen LogP) is 3.31. The first-order valence-electron chi connectivity index (χ1n) is 11.9. The third kappa shape index (κ3) is 2.98. The average Bonchev–Trinajstić information content (AvgIpc) is 3.59. The van der Waals surface area contributed by atoms with Gasteiger partial charge in [0.2, 0.25) is 0 Å². The Labute approximate surface area is 188 Å². The summed E-state index contributed by atoms with van der Waals surface area (Å²) >= 11 is 0. The summed E-state index contributed by atoms with van der Waals surface area (Å²) in [6, 6.07) is 9.23. The third-order valence-corrected chi connectivity index (χ3v) is 8.39. The monoisotopic (exact) mass is 430 g/mol. The minimum Gasteiger partial charge on any atom is -0.378 e. The lowest BCUT2D eigenvalue weighted by Crippen LogP contribution is -2.75. The summed E-state index contributed by atoms with van der Waals surface area (Å²) in [6.07, 6.45) is 5.51. The summed E-state index contributed by atoms with van der Waals surface area (Å²) in [5.41, 5.74) is 4.33. The van der Waals surface area contributed by atoms with E-state index in [1.807, 2.05) is 6.92 Å². The molecule has 4 heterocycles. The lowest BCUT2D eigenvalue weighted by Gasteiger charge is -2.63. The van der Waals surface area contributed by atoms with Crippen LogP contribution in [-0.4, -0.2) is 66.5 Å². The zero-order chi connectivity index (χ0) is 21.5. The van der Waals surface area contributed by atoms with Crippen molar-refractivity contribution in [1.82, 2.24) is 14.9 Å². The maximum atomic E-state index is 7.84. The van der Waals surface area contributed by atoms with Crippen LogP contribution >= 0.6 is 0 Å². The topological polar surface area (TPSA) is 77.4 Å². The minimum absolute atomic E-state index is 0.437. The van der Waals surface area contributed by atoms with Crippen LogP contribution in [0.5, 0.6) is 0 Å². The number of likely N-dealkylation sites (tertiary alicyclic amines) is 1.